The van der Waals surface area contributed by atoms with Crippen molar-refractivity contribution in [3.63, 3.8) is 0 Å². The molecular formula is C12H14O5. The van der Waals surface area contributed by atoms with E-state index in [0.717, 1.165) is 12.8 Å². The Hall–Kier alpha value is -1.75. The highest BCUT2D eigenvalue weighted by atomic mass is 16.5. The zero-order chi connectivity index (χ0) is 12.4. The van der Waals surface area contributed by atoms with Gasteiger partial charge in [0.1, 0.15) is 0 Å². The molecule has 1 aromatic carbocycles. The first-order chi connectivity index (χ1) is 8.11. The molecule has 2 rings (SSSR count). The number of carbonyl (C=O) groups is 1. The van der Waals surface area contributed by atoms with Crippen molar-refractivity contribution in [3.8, 4) is 11.5 Å². The molecule has 1 unspecified atom stereocenters. The topological polar surface area (TPSA) is 76.0 Å². The van der Waals surface area contributed by atoms with Crippen molar-refractivity contribution in [2.75, 3.05) is 7.11 Å². The van der Waals surface area contributed by atoms with Crippen LogP contribution in [0.4, 0.5) is 0 Å². The van der Waals surface area contributed by atoms with E-state index < -0.39 is 12.1 Å². The van der Waals surface area contributed by atoms with E-state index in [1.54, 1.807) is 6.07 Å². The van der Waals surface area contributed by atoms with Gasteiger partial charge in [0.2, 0.25) is 0 Å². The third kappa shape index (κ3) is 2.68. The zero-order valence-electron chi connectivity index (χ0n) is 9.42. The molecule has 0 bridgehead atoms. The van der Waals surface area contributed by atoms with Gasteiger partial charge in [0.25, 0.3) is 0 Å². The SMILES string of the molecule is COc1ccc(C(O)C(=O)O)cc1OC1CC1. The molecule has 1 fully saturated rings. The van der Waals surface area contributed by atoms with Gasteiger partial charge in [-0.3, -0.25) is 0 Å². The highest BCUT2D eigenvalue weighted by Crippen LogP contribution is 2.35. The van der Waals surface area contributed by atoms with Crippen molar-refractivity contribution in [1.29, 1.82) is 0 Å². The Morgan fingerprint density at radius 1 is 1.41 bits per heavy atom. The molecule has 1 saturated carbocycles. The number of aliphatic hydroxyl groups excluding tert-OH is 1. The van der Waals surface area contributed by atoms with Gasteiger partial charge in [-0.15, -0.1) is 0 Å². The van der Waals surface area contributed by atoms with Gasteiger partial charge in [0, 0.05) is 0 Å². The molecule has 17 heavy (non-hydrogen) atoms. The lowest BCUT2D eigenvalue weighted by Gasteiger charge is -2.13. The van der Waals surface area contributed by atoms with Gasteiger partial charge in [0.05, 0.1) is 13.2 Å². The maximum atomic E-state index is 10.7. The van der Waals surface area contributed by atoms with Gasteiger partial charge in [-0.25, -0.2) is 4.79 Å². The fraction of sp³-hybridized carbons (Fsp3) is 0.417. The van der Waals surface area contributed by atoms with E-state index in [9.17, 15) is 9.90 Å². The lowest BCUT2D eigenvalue weighted by molar-refractivity contribution is -0.146. The first-order valence-corrected chi connectivity index (χ1v) is 5.37. The Labute approximate surface area is 98.6 Å². The normalized spacial score (nSPS) is 16.4. The largest absolute Gasteiger partial charge is 0.493 e. The van der Waals surface area contributed by atoms with E-state index in [2.05, 4.69) is 0 Å². The molecule has 1 aliphatic carbocycles. The van der Waals surface area contributed by atoms with Crippen LogP contribution < -0.4 is 9.47 Å². The quantitative estimate of drug-likeness (QED) is 0.809. The van der Waals surface area contributed by atoms with Crippen molar-refractivity contribution >= 4 is 5.97 Å². The number of rotatable bonds is 5. The number of carboxylic acid groups (broad SMARTS) is 1. The first kappa shape index (κ1) is 11.7. The van der Waals surface area contributed by atoms with E-state index in [1.165, 1.54) is 19.2 Å². The summed E-state index contributed by atoms with van der Waals surface area (Å²) in [7, 11) is 1.52. The summed E-state index contributed by atoms with van der Waals surface area (Å²) in [6, 6.07) is 4.62. The average Bonchev–Trinajstić information content (AvgIpc) is 3.11. The number of benzene rings is 1. The van der Waals surface area contributed by atoms with Crippen molar-refractivity contribution in [1.82, 2.24) is 0 Å². The van der Waals surface area contributed by atoms with Crippen LogP contribution in [0.3, 0.4) is 0 Å². The summed E-state index contributed by atoms with van der Waals surface area (Å²) in [5.41, 5.74) is 0.286. The Bertz CT molecular complexity index is 425. The minimum absolute atomic E-state index is 0.182. The summed E-state index contributed by atoms with van der Waals surface area (Å²) in [6.45, 7) is 0. The molecule has 0 aliphatic heterocycles. The number of aliphatic hydroxyl groups is 1. The molecule has 5 heteroatoms. The fourth-order valence-corrected chi connectivity index (χ4v) is 1.46. The van der Waals surface area contributed by atoms with Crippen LogP contribution in [0.15, 0.2) is 18.2 Å². The van der Waals surface area contributed by atoms with Crippen molar-refractivity contribution < 1.29 is 24.5 Å². The zero-order valence-corrected chi connectivity index (χ0v) is 9.42. The summed E-state index contributed by atoms with van der Waals surface area (Å²) < 4.78 is 10.7. The van der Waals surface area contributed by atoms with Crippen molar-refractivity contribution in [3.05, 3.63) is 23.8 Å². The molecule has 1 aliphatic rings. The maximum Gasteiger partial charge on any atom is 0.337 e. The second kappa shape index (κ2) is 4.63. The Morgan fingerprint density at radius 3 is 2.65 bits per heavy atom. The molecule has 1 atom stereocenters. The molecule has 0 radical (unpaired) electrons. The lowest BCUT2D eigenvalue weighted by atomic mass is 10.1. The summed E-state index contributed by atoms with van der Waals surface area (Å²) >= 11 is 0. The average molecular weight is 238 g/mol. The van der Waals surface area contributed by atoms with Crippen molar-refractivity contribution in [2.45, 2.75) is 25.0 Å². The fourth-order valence-electron chi connectivity index (χ4n) is 1.46. The van der Waals surface area contributed by atoms with Crippen LogP contribution in [-0.2, 0) is 4.79 Å². The third-order valence-electron chi connectivity index (χ3n) is 2.56. The number of aliphatic carboxylic acids is 1. The van der Waals surface area contributed by atoms with E-state index >= 15 is 0 Å². The second-order valence-corrected chi connectivity index (χ2v) is 3.97. The molecule has 92 valence electrons. The Kier molecular flexibility index (Phi) is 3.19. The van der Waals surface area contributed by atoms with Crippen LogP contribution in [-0.4, -0.2) is 29.4 Å². The van der Waals surface area contributed by atoms with Crippen LogP contribution in [0.2, 0.25) is 0 Å². The van der Waals surface area contributed by atoms with Crippen LogP contribution >= 0.6 is 0 Å². The van der Waals surface area contributed by atoms with E-state index in [0.29, 0.717) is 11.5 Å². The van der Waals surface area contributed by atoms with Crippen LogP contribution in [0.1, 0.15) is 24.5 Å². The number of hydrogen-bond acceptors (Lipinski definition) is 4. The third-order valence-corrected chi connectivity index (χ3v) is 2.56. The van der Waals surface area contributed by atoms with E-state index in [-0.39, 0.29) is 11.7 Å². The molecule has 5 nitrogen and oxygen atoms in total. The number of carboxylic acids is 1. The standard InChI is InChI=1S/C12H14O5/c1-16-9-5-2-7(11(13)12(14)15)6-10(9)17-8-3-4-8/h2,5-6,8,11,13H,3-4H2,1H3,(H,14,15). The maximum absolute atomic E-state index is 10.7. The Morgan fingerprint density at radius 2 is 2.12 bits per heavy atom. The predicted molar refractivity (Wildman–Crippen MR) is 59.2 cm³/mol. The van der Waals surface area contributed by atoms with Crippen LogP contribution in [0.25, 0.3) is 0 Å². The molecule has 2 N–H and O–H groups in total. The number of methoxy groups -OCH3 is 1. The van der Waals surface area contributed by atoms with Crippen LogP contribution in [0.5, 0.6) is 11.5 Å². The highest BCUT2D eigenvalue weighted by Gasteiger charge is 2.26. The predicted octanol–water partition coefficient (Wildman–Crippen LogP) is 1.35. The molecule has 0 aromatic heterocycles. The number of hydrogen-bond donors (Lipinski definition) is 2. The first-order valence-electron chi connectivity index (χ1n) is 5.37. The molecule has 0 heterocycles. The molecule has 1 aromatic rings. The molecule has 0 saturated heterocycles. The Balaban J connectivity index is 2.26. The summed E-state index contributed by atoms with van der Waals surface area (Å²) in [5, 5.41) is 18.2. The molecule has 0 amide bonds. The van der Waals surface area contributed by atoms with Crippen LogP contribution in [0, 0.1) is 0 Å². The molecule has 0 spiro atoms. The summed E-state index contributed by atoms with van der Waals surface area (Å²) in [4.78, 5) is 10.7. The van der Waals surface area contributed by atoms with E-state index in [1.807, 2.05) is 0 Å². The van der Waals surface area contributed by atoms with Gasteiger partial charge < -0.3 is 19.7 Å². The van der Waals surface area contributed by atoms with Gasteiger partial charge >= 0.3 is 5.97 Å². The van der Waals surface area contributed by atoms with Gasteiger partial charge in [-0.2, -0.15) is 0 Å². The smallest absolute Gasteiger partial charge is 0.337 e. The van der Waals surface area contributed by atoms with E-state index in [4.69, 9.17) is 14.6 Å². The van der Waals surface area contributed by atoms with Crippen molar-refractivity contribution in [2.24, 2.45) is 0 Å². The lowest BCUT2D eigenvalue weighted by Crippen LogP contribution is -2.11. The van der Waals surface area contributed by atoms with Gasteiger partial charge in [-0.1, -0.05) is 6.07 Å². The highest BCUT2D eigenvalue weighted by molar-refractivity contribution is 5.74. The summed E-state index contributed by atoms with van der Waals surface area (Å²) in [6.07, 6.45) is 0.632. The minimum atomic E-state index is -1.54. The molecular weight excluding hydrogens is 224 g/mol. The number of ether oxygens (including phenoxy) is 2. The minimum Gasteiger partial charge on any atom is -0.493 e. The monoisotopic (exact) mass is 238 g/mol. The van der Waals surface area contributed by atoms with Gasteiger partial charge in [0.15, 0.2) is 17.6 Å². The second-order valence-electron chi connectivity index (χ2n) is 3.97. The summed E-state index contributed by atoms with van der Waals surface area (Å²) in [5.74, 6) is -0.265. The van der Waals surface area contributed by atoms with Gasteiger partial charge in [-0.05, 0) is 30.5 Å².